The number of carbonyl (C=O) groups excluding carboxylic acids is 1. The smallest absolute Gasteiger partial charge is 0.345 e. The van der Waals surface area contributed by atoms with Crippen molar-refractivity contribution >= 4 is 32.3 Å². The van der Waals surface area contributed by atoms with Crippen LogP contribution in [0.25, 0.3) is 10.9 Å². The summed E-state index contributed by atoms with van der Waals surface area (Å²) >= 11 is 0. The van der Waals surface area contributed by atoms with Crippen molar-refractivity contribution < 1.29 is 36.5 Å². The Morgan fingerprint density at radius 3 is 2.48 bits per heavy atom. The van der Waals surface area contributed by atoms with E-state index in [1.165, 1.54) is 36.4 Å². The van der Waals surface area contributed by atoms with E-state index in [1.807, 2.05) is 0 Å². The Bertz CT molecular complexity index is 1320. The SMILES string of the molecule is C[C@H](NC(=O)c1ccc2nc(C(F)(F)F)ccc2c1)c1cc(CCS(C)(=O)=O)c([NH3+])cc1F. The monoisotopic (exact) mass is 484 g/mol. The Morgan fingerprint density at radius 2 is 1.85 bits per heavy atom. The van der Waals surface area contributed by atoms with Crippen molar-refractivity contribution in [3.63, 3.8) is 0 Å². The number of alkyl halides is 3. The number of quaternary nitrogens is 1. The maximum Gasteiger partial charge on any atom is 0.433 e. The number of sulfone groups is 1. The fourth-order valence-corrected chi connectivity index (χ4v) is 3.91. The lowest BCUT2D eigenvalue weighted by Gasteiger charge is -2.17. The number of nitrogens with one attached hydrogen (secondary N) is 1. The van der Waals surface area contributed by atoms with Gasteiger partial charge >= 0.3 is 6.18 Å². The highest BCUT2D eigenvalue weighted by Gasteiger charge is 2.32. The van der Waals surface area contributed by atoms with Gasteiger partial charge in [0.2, 0.25) is 0 Å². The summed E-state index contributed by atoms with van der Waals surface area (Å²) in [6.45, 7) is 1.57. The van der Waals surface area contributed by atoms with E-state index < -0.39 is 39.5 Å². The van der Waals surface area contributed by atoms with Gasteiger partial charge in [0.1, 0.15) is 27.0 Å². The molecule has 0 aliphatic heterocycles. The van der Waals surface area contributed by atoms with Crippen LogP contribution in [-0.4, -0.2) is 31.3 Å². The van der Waals surface area contributed by atoms with E-state index in [2.05, 4.69) is 16.0 Å². The van der Waals surface area contributed by atoms with E-state index in [4.69, 9.17) is 0 Å². The topological polar surface area (TPSA) is 104 Å². The highest BCUT2D eigenvalue weighted by molar-refractivity contribution is 7.90. The van der Waals surface area contributed by atoms with Crippen LogP contribution in [-0.2, 0) is 22.4 Å². The summed E-state index contributed by atoms with van der Waals surface area (Å²) in [5.41, 5.74) is 4.04. The summed E-state index contributed by atoms with van der Waals surface area (Å²) < 4.78 is 75.9. The highest BCUT2D eigenvalue weighted by atomic mass is 32.2. The number of benzene rings is 2. The van der Waals surface area contributed by atoms with Crippen LogP contribution in [0.4, 0.5) is 23.2 Å². The minimum Gasteiger partial charge on any atom is -0.345 e. The van der Waals surface area contributed by atoms with Crippen LogP contribution in [0.3, 0.4) is 0 Å². The average molecular weight is 484 g/mol. The predicted octanol–water partition coefficient (Wildman–Crippen LogP) is 3.34. The minimum atomic E-state index is -4.58. The normalized spacial score (nSPS) is 13.2. The van der Waals surface area contributed by atoms with Crippen molar-refractivity contribution in [1.29, 1.82) is 0 Å². The van der Waals surface area contributed by atoms with Crippen LogP contribution in [0.15, 0.2) is 42.5 Å². The molecule has 0 spiro atoms. The first kappa shape index (κ1) is 24.6. The maximum absolute atomic E-state index is 14.5. The number of hydrogen-bond donors (Lipinski definition) is 2. The van der Waals surface area contributed by atoms with Gasteiger partial charge in [-0.15, -0.1) is 0 Å². The van der Waals surface area contributed by atoms with E-state index in [0.717, 1.165) is 12.3 Å². The minimum absolute atomic E-state index is 0.0852. The van der Waals surface area contributed by atoms with Gasteiger partial charge in [-0.2, -0.15) is 13.2 Å². The molecule has 1 aromatic heterocycles. The number of halogens is 4. The number of nitrogens with zero attached hydrogens (tertiary/aromatic N) is 1. The highest BCUT2D eigenvalue weighted by Crippen LogP contribution is 2.29. The van der Waals surface area contributed by atoms with Crippen molar-refractivity contribution in [2.45, 2.75) is 25.6 Å². The zero-order valence-electron chi connectivity index (χ0n) is 17.8. The summed E-state index contributed by atoms with van der Waals surface area (Å²) in [7, 11) is -3.23. The largest absolute Gasteiger partial charge is 0.433 e. The molecule has 0 bridgehead atoms. The molecule has 1 atom stereocenters. The molecule has 0 radical (unpaired) electrons. The number of amides is 1. The van der Waals surface area contributed by atoms with E-state index in [0.29, 0.717) is 16.6 Å². The Kier molecular flexibility index (Phi) is 6.75. The first-order valence-corrected chi connectivity index (χ1v) is 11.9. The van der Waals surface area contributed by atoms with Gasteiger partial charge in [0.25, 0.3) is 5.91 Å². The first-order chi connectivity index (χ1) is 15.2. The molecule has 3 rings (SSSR count). The fourth-order valence-electron chi connectivity index (χ4n) is 3.32. The standard InChI is InChI=1S/C22H21F4N3O3S/c1-12(16-10-13(7-8-33(2,31)32)18(27)11-17(16)23)28-21(30)15-3-5-19-14(9-15)4-6-20(29-19)22(24,25)26/h3-6,9-12H,7-8,27H2,1-2H3,(H,28,30)/p+1/t12-/m0/s1. The van der Waals surface area contributed by atoms with Crippen molar-refractivity contribution in [3.05, 3.63) is 70.7 Å². The zero-order chi connectivity index (χ0) is 24.6. The van der Waals surface area contributed by atoms with E-state index >= 15 is 0 Å². The molecule has 4 N–H and O–H groups in total. The summed E-state index contributed by atoms with van der Waals surface area (Å²) in [5.74, 6) is -1.28. The molecule has 3 aromatic rings. The quantitative estimate of drug-likeness (QED) is 0.524. The van der Waals surface area contributed by atoms with Gasteiger partial charge in [-0.1, -0.05) is 6.07 Å². The molecule has 0 saturated carbocycles. The molecular formula is C22H22F4N3O3S+. The first-order valence-electron chi connectivity index (χ1n) is 9.85. The van der Waals surface area contributed by atoms with E-state index in [9.17, 15) is 30.8 Å². The van der Waals surface area contributed by atoms with Crippen LogP contribution in [0, 0.1) is 5.82 Å². The van der Waals surface area contributed by atoms with Gasteiger partial charge in [0.15, 0.2) is 0 Å². The van der Waals surface area contributed by atoms with E-state index in [-0.39, 0.29) is 28.8 Å². The number of pyridine rings is 1. The third-order valence-corrected chi connectivity index (χ3v) is 6.06. The molecule has 2 aromatic carbocycles. The van der Waals surface area contributed by atoms with Crippen molar-refractivity contribution in [3.8, 4) is 0 Å². The maximum atomic E-state index is 14.5. The number of hydrogen-bond acceptors (Lipinski definition) is 4. The molecule has 6 nitrogen and oxygen atoms in total. The second-order valence-corrected chi connectivity index (χ2v) is 10.1. The number of rotatable bonds is 6. The summed E-state index contributed by atoms with van der Waals surface area (Å²) in [6, 6.07) is 8.02. The van der Waals surface area contributed by atoms with Crippen LogP contribution >= 0.6 is 0 Å². The molecule has 176 valence electrons. The van der Waals surface area contributed by atoms with Gasteiger partial charge in [-0.3, -0.25) is 4.79 Å². The number of carbonyl (C=O) groups is 1. The second-order valence-electron chi connectivity index (χ2n) is 7.82. The molecule has 33 heavy (non-hydrogen) atoms. The molecule has 1 heterocycles. The predicted molar refractivity (Wildman–Crippen MR) is 115 cm³/mol. The van der Waals surface area contributed by atoms with Crippen LogP contribution < -0.4 is 11.1 Å². The van der Waals surface area contributed by atoms with Gasteiger partial charge in [-0.05, 0) is 43.7 Å². The molecule has 0 aliphatic rings. The lowest BCUT2D eigenvalue weighted by atomic mass is 10.0. The Hall–Kier alpha value is -3.05. The van der Waals surface area contributed by atoms with Crippen LogP contribution in [0.2, 0.25) is 0 Å². The Balaban J connectivity index is 1.81. The summed E-state index contributed by atoms with van der Waals surface area (Å²) in [6.07, 6.45) is -3.32. The van der Waals surface area contributed by atoms with Crippen LogP contribution in [0.1, 0.15) is 40.1 Å². The second kappa shape index (κ2) is 9.06. The zero-order valence-corrected chi connectivity index (χ0v) is 18.6. The van der Waals surface area contributed by atoms with Crippen molar-refractivity contribution in [2.75, 3.05) is 12.0 Å². The fraction of sp³-hybridized carbons (Fsp3) is 0.273. The molecular weight excluding hydrogens is 462 g/mol. The van der Waals surface area contributed by atoms with Gasteiger partial charge in [0.05, 0.1) is 17.3 Å². The van der Waals surface area contributed by atoms with Gasteiger partial charge in [-0.25, -0.2) is 17.8 Å². The molecule has 0 unspecified atom stereocenters. The van der Waals surface area contributed by atoms with Crippen molar-refractivity contribution in [2.24, 2.45) is 0 Å². The third kappa shape index (κ3) is 6.05. The van der Waals surface area contributed by atoms with Gasteiger partial charge in [0, 0.05) is 34.4 Å². The Morgan fingerprint density at radius 1 is 1.15 bits per heavy atom. The van der Waals surface area contributed by atoms with Gasteiger partial charge < -0.3 is 11.1 Å². The number of fused-ring (bicyclic) bond motifs is 1. The molecule has 11 heteroatoms. The molecule has 1 amide bonds. The number of aryl methyl sites for hydroxylation is 1. The Labute approximate surface area is 187 Å². The average Bonchev–Trinajstić information content (AvgIpc) is 2.70. The third-order valence-electron chi connectivity index (χ3n) is 5.12. The molecule has 0 saturated heterocycles. The summed E-state index contributed by atoms with van der Waals surface area (Å²) in [5, 5.41) is 3.00. The van der Waals surface area contributed by atoms with Crippen molar-refractivity contribution in [1.82, 2.24) is 10.3 Å². The lowest BCUT2D eigenvalue weighted by Crippen LogP contribution is -2.42. The molecule has 0 fully saturated rings. The lowest BCUT2D eigenvalue weighted by molar-refractivity contribution is -0.256. The summed E-state index contributed by atoms with van der Waals surface area (Å²) in [4.78, 5) is 16.3. The molecule has 0 aliphatic carbocycles. The number of aromatic nitrogens is 1. The van der Waals surface area contributed by atoms with E-state index in [1.54, 1.807) is 6.92 Å². The van der Waals surface area contributed by atoms with Crippen LogP contribution in [0.5, 0.6) is 0 Å².